The zero-order chi connectivity index (χ0) is 15.4. The Kier molecular flexibility index (Phi) is 23.3. The summed E-state index contributed by atoms with van der Waals surface area (Å²) in [7, 11) is 1.22. The number of nitrogens with zero attached hydrogens (tertiary/aromatic N) is 1. The molecule has 110 valence electrons. The van der Waals surface area contributed by atoms with Gasteiger partial charge in [-0.1, -0.05) is 0 Å². The van der Waals surface area contributed by atoms with Gasteiger partial charge in [-0.3, -0.25) is 4.79 Å². The second-order valence-electron chi connectivity index (χ2n) is 3.72. The summed E-state index contributed by atoms with van der Waals surface area (Å²) in [5.41, 5.74) is -0.597. The van der Waals surface area contributed by atoms with Gasteiger partial charge >= 0.3 is 57.7 Å². The first-order valence-corrected chi connectivity index (χ1v) is 13.7. The van der Waals surface area contributed by atoms with Crippen molar-refractivity contribution in [1.29, 1.82) is 5.26 Å². The summed E-state index contributed by atoms with van der Waals surface area (Å²) in [4.78, 5) is 22.0. The van der Waals surface area contributed by atoms with Crippen LogP contribution in [0, 0.1) is 18.8 Å². The normalized spacial score (nSPS) is 10.0. The number of carbonyl (C=O) groups is 2. The molecular formula is C10H16CuIN2O4Zn. The summed E-state index contributed by atoms with van der Waals surface area (Å²) in [6.07, 6.45) is -0.692. The van der Waals surface area contributed by atoms with Crippen molar-refractivity contribution in [3.63, 3.8) is 0 Å². The van der Waals surface area contributed by atoms with Crippen LogP contribution < -0.4 is 5.32 Å². The molecule has 0 radical (unpaired) electrons. The summed E-state index contributed by atoms with van der Waals surface area (Å²) in [5.74, 6) is -0.615. The molecule has 0 aliphatic carbocycles. The van der Waals surface area contributed by atoms with Crippen LogP contribution >= 0.6 is 19.8 Å². The van der Waals surface area contributed by atoms with Gasteiger partial charge in [0.1, 0.15) is 5.60 Å². The number of amides is 1. The minimum absolute atomic E-state index is 0. The standard InChI is InChI=1S/C9H16NO4.CN.Cu.HI.Zn/c1-6(7(11)13-5)10-8(12)14-9(2,3)4;1-2;;;/h6H,1H2,2-5H3,(H,10,12);;;1H;/q2*-1;+1;;+2/p-1/t6-;;;;/m1..../s1. The fourth-order valence-electron chi connectivity index (χ4n) is 0.651. The van der Waals surface area contributed by atoms with Gasteiger partial charge in [-0.25, -0.2) is 4.79 Å². The summed E-state index contributed by atoms with van der Waals surface area (Å²) in [5, 5.41) is 8.49. The van der Waals surface area contributed by atoms with Gasteiger partial charge in [-0.2, -0.15) is 0 Å². The number of ether oxygens (including phenoxy) is 2. The van der Waals surface area contributed by atoms with E-state index in [-0.39, 0.29) is 17.1 Å². The van der Waals surface area contributed by atoms with Gasteiger partial charge in [0.15, 0.2) is 0 Å². The van der Waals surface area contributed by atoms with Crippen LogP contribution in [0.3, 0.4) is 0 Å². The zero-order valence-corrected chi connectivity index (χ0v) is 17.3. The number of carbonyl (C=O) groups excluding carboxylic acids is 2. The van der Waals surface area contributed by atoms with Crippen molar-refractivity contribution < 1.29 is 50.9 Å². The van der Waals surface area contributed by atoms with E-state index in [1.807, 2.05) is 0 Å². The van der Waals surface area contributed by atoms with Crippen molar-refractivity contribution >= 4 is 31.8 Å². The van der Waals surface area contributed by atoms with Crippen molar-refractivity contribution in [2.45, 2.75) is 32.4 Å². The van der Waals surface area contributed by atoms with Gasteiger partial charge in [-0.05, 0) is 20.8 Å². The van der Waals surface area contributed by atoms with E-state index in [9.17, 15) is 9.59 Å². The number of alkyl carbamates (subject to hydrolysis) is 1. The van der Waals surface area contributed by atoms with Crippen LogP contribution in [-0.2, 0) is 46.1 Å². The molecule has 9 heteroatoms. The number of hydrogen-bond donors (Lipinski definition) is 1. The van der Waals surface area contributed by atoms with Crippen LogP contribution in [0.1, 0.15) is 20.8 Å². The second-order valence-corrected chi connectivity index (χ2v) is 3.72. The van der Waals surface area contributed by atoms with Gasteiger partial charge in [0.2, 0.25) is 0 Å². The van der Waals surface area contributed by atoms with E-state index in [1.54, 1.807) is 20.8 Å². The van der Waals surface area contributed by atoms with Crippen molar-refractivity contribution in [2.75, 3.05) is 7.11 Å². The Bertz CT molecular complexity index is 272. The Labute approximate surface area is 145 Å². The maximum atomic E-state index is 11.1. The van der Waals surface area contributed by atoms with E-state index in [2.05, 4.69) is 36.7 Å². The molecule has 0 heterocycles. The fourth-order valence-corrected chi connectivity index (χ4v) is 0.651. The Hall–Kier alpha value is 0.103. The van der Waals surface area contributed by atoms with E-state index in [0.717, 1.165) is 0 Å². The van der Waals surface area contributed by atoms with Gasteiger partial charge in [0.05, 0.1) is 7.11 Å². The van der Waals surface area contributed by atoms with E-state index in [0.29, 0.717) is 0 Å². The summed E-state index contributed by atoms with van der Waals surface area (Å²) < 4.78 is 9.28. The van der Waals surface area contributed by atoms with Crippen molar-refractivity contribution in [2.24, 2.45) is 0 Å². The van der Waals surface area contributed by atoms with Gasteiger partial charge in [0.25, 0.3) is 5.97 Å². The first-order chi connectivity index (χ1) is 8.26. The Balaban J connectivity index is -0.000000204. The number of halogens is 1. The minimum atomic E-state index is -0.949. The Morgan fingerprint density at radius 3 is 2.00 bits per heavy atom. The van der Waals surface area contributed by atoms with Crippen molar-refractivity contribution in [3.8, 4) is 0 Å². The summed E-state index contributed by atoms with van der Waals surface area (Å²) >= 11 is 3.62. The third-order valence-electron chi connectivity index (χ3n) is 1.18. The molecule has 1 amide bonds. The molecule has 0 aliphatic heterocycles. The number of rotatable bonds is 2. The van der Waals surface area contributed by atoms with E-state index in [4.69, 9.17) is 16.6 Å². The Morgan fingerprint density at radius 1 is 1.37 bits per heavy atom. The molecule has 0 saturated carbocycles. The van der Waals surface area contributed by atoms with E-state index >= 15 is 0 Å². The van der Waals surface area contributed by atoms with Crippen molar-refractivity contribution in [3.05, 3.63) is 13.5 Å². The maximum absolute atomic E-state index is 11.1. The number of esters is 1. The molecule has 0 saturated heterocycles. The first-order valence-electron chi connectivity index (χ1n) is 4.66. The molecule has 6 nitrogen and oxygen atoms in total. The molecule has 0 fully saturated rings. The first kappa shape index (κ1) is 27.4. The van der Waals surface area contributed by atoms with Gasteiger partial charge in [0, 0.05) is 6.04 Å². The molecule has 19 heavy (non-hydrogen) atoms. The molecule has 0 spiro atoms. The number of nitrogens with one attached hydrogen (secondary N) is 1. The van der Waals surface area contributed by atoms with E-state index < -0.39 is 23.7 Å². The van der Waals surface area contributed by atoms with Crippen LogP contribution in [0.15, 0.2) is 0 Å². The third-order valence-corrected chi connectivity index (χ3v) is 1.18. The molecule has 0 bridgehead atoms. The average molecular weight is 484 g/mol. The predicted octanol–water partition coefficient (Wildman–Crippen LogP) is 1.86. The monoisotopic (exact) mass is 482 g/mol. The molecule has 0 unspecified atom stereocenters. The van der Waals surface area contributed by atoms with Crippen LogP contribution in [0.25, 0.3) is 0 Å². The van der Waals surface area contributed by atoms with Crippen LogP contribution in [0.2, 0.25) is 0 Å². The van der Waals surface area contributed by atoms with Crippen LogP contribution in [-0.4, -0.2) is 30.8 Å². The molecule has 0 rings (SSSR count). The molecular weight excluding hydrogens is 468 g/mol. The SMILES string of the molecule is [C-]#N.[CH2-][C@@H](NC(=O)OC(C)(C)C)C(=O)OC.[Cu+].[Zn+][I]. The third kappa shape index (κ3) is 20.6. The van der Waals surface area contributed by atoms with E-state index in [1.165, 1.54) is 21.9 Å². The average Bonchev–Trinajstić information content (AvgIpc) is 2.30. The predicted molar refractivity (Wildman–Crippen MR) is 69.5 cm³/mol. The fraction of sp³-hybridized carbons (Fsp3) is 0.600. The Morgan fingerprint density at radius 2 is 1.74 bits per heavy atom. The van der Waals surface area contributed by atoms with Crippen LogP contribution in [0.4, 0.5) is 4.79 Å². The molecule has 0 aliphatic rings. The second kappa shape index (κ2) is 16.2. The molecule has 1 atom stereocenters. The topological polar surface area (TPSA) is 88.4 Å². The number of hydrogen-bond acceptors (Lipinski definition) is 5. The number of methoxy groups -OCH3 is 1. The van der Waals surface area contributed by atoms with Gasteiger partial charge in [-0.15, -0.1) is 0 Å². The molecule has 0 aromatic rings. The van der Waals surface area contributed by atoms with Crippen LogP contribution in [0.5, 0.6) is 0 Å². The zero-order valence-electron chi connectivity index (χ0n) is 11.3. The molecule has 0 aromatic carbocycles. The van der Waals surface area contributed by atoms with Crippen molar-refractivity contribution in [1.82, 2.24) is 5.32 Å². The summed E-state index contributed by atoms with van der Waals surface area (Å²) in [6.45, 7) is 13.3. The van der Waals surface area contributed by atoms with Gasteiger partial charge < -0.3 is 33.5 Å². The quantitative estimate of drug-likeness (QED) is 0.280. The molecule has 0 aromatic heterocycles. The summed E-state index contributed by atoms with van der Waals surface area (Å²) in [6, 6.07) is -0.949. The molecule has 1 N–H and O–H groups in total.